The Hall–Kier alpha value is -1.08. The zero-order valence-electron chi connectivity index (χ0n) is 12.9. The maximum Gasteiger partial charge on any atom is 0.225 e. The molecule has 4 nitrogen and oxygen atoms in total. The SMILES string of the molecule is CC(C)(C)C1CCC(C(=O)N2CCOC(C#N)C2)CC1. The van der Waals surface area contributed by atoms with E-state index in [1.54, 1.807) is 0 Å². The molecule has 0 bridgehead atoms. The second-order valence-corrected chi connectivity index (χ2v) is 7.19. The lowest BCUT2D eigenvalue weighted by Crippen LogP contribution is -2.48. The lowest BCUT2D eigenvalue weighted by Gasteiger charge is -2.39. The van der Waals surface area contributed by atoms with Crippen LogP contribution in [-0.2, 0) is 9.53 Å². The number of amides is 1. The summed E-state index contributed by atoms with van der Waals surface area (Å²) in [5, 5.41) is 8.91. The van der Waals surface area contributed by atoms with Gasteiger partial charge in [0.2, 0.25) is 5.91 Å². The first-order valence-electron chi connectivity index (χ1n) is 7.72. The fraction of sp³-hybridized carbons (Fsp3) is 0.875. The highest BCUT2D eigenvalue weighted by Crippen LogP contribution is 2.40. The van der Waals surface area contributed by atoms with E-state index < -0.39 is 6.10 Å². The largest absolute Gasteiger partial charge is 0.360 e. The van der Waals surface area contributed by atoms with E-state index in [1.807, 2.05) is 4.90 Å². The molecule has 0 radical (unpaired) electrons. The second-order valence-electron chi connectivity index (χ2n) is 7.19. The fourth-order valence-electron chi connectivity index (χ4n) is 3.39. The molecule has 1 amide bonds. The lowest BCUT2D eigenvalue weighted by atomic mass is 9.69. The van der Waals surface area contributed by atoms with Crippen molar-refractivity contribution in [2.45, 2.75) is 52.6 Å². The van der Waals surface area contributed by atoms with Gasteiger partial charge in [-0.05, 0) is 37.0 Å². The maximum atomic E-state index is 12.5. The van der Waals surface area contributed by atoms with Crippen LogP contribution in [0.5, 0.6) is 0 Å². The summed E-state index contributed by atoms with van der Waals surface area (Å²) < 4.78 is 5.30. The number of carbonyl (C=O) groups is 1. The zero-order chi connectivity index (χ0) is 14.8. The molecule has 2 rings (SSSR count). The number of ether oxygens (including phenoxy) is 1. The predicted octanol–water partition coefficient (Wildman–Crippen LogP) is 2.59. The van der Waals surface area contributed by atoms with Gasteiger partial charge in [0.25, 0.3) is 0 Å². The molecule has 20 heavy (non-hydrogen) atoms. The van der Waals surface area contributed by atoms with Crippen LogP contribution in [0.3, 0.4) is 0 Å². The Labute approximate surface area is 122 Å². The number of morpholine rings is 1. The molecule has 0 aromatic rings. The van der Waals surface area contributed by atoms with E-state index in [1.165, 1.54) is 0 Å². The Morgan fingerprint density at radius 2 is 1.90 bits per heavy atom. The third kappa shape index (κ3) is 3.52. The van der Waals surface area contributed by atoms with Crippen molar-refractivity contribution in [2.24, 2.45) is 17.3 Å². The van der Waals surface area contributed by atoms with Gasteiger partial charge in [-0.25, -0.2) is 0 Å². The van der Waals surface area contributed by atoms with Gasteiger partial charge in [0.05, 0.1) is 19.2 Å². The fourth-order valence-corrected chi connectivity index (χ4v) is 3.39. The number of hydrogen-bond acceptors (Lipinski definition) is 3. The molecule has 1 saturated heterocycles. The molecule has 0 aromatic heterocycles. The van der Waals surface area contributed by atoms with Crippen LogP contribution in [0.2, 0.25) is 0 Å². The van der Waals surface area contributed by atoms with Crippen molar-refractivity contribution in [3.8, 4) is 6.07 Å². The average Bonchev–Trinajstić information content (AvgIpc) is 2.46. The first-order chi connectivity index (χ1) is 9.41. The average molecular weight is 278 g/mol. The molecule has 1 aliphatic carbocycles. The third-order valence-electron chi connectivity index (χ3n) is 4.82. The van der Waals surface area contributed by atoms with Crippen LogP contribution >= 0.6 is 0 Å². The summed E-state index contributed by atoms with van der Waals surface area (Å²) in [5.74, 6) is 1.12. The van der Waals surface area contributed by atoms with Gasteiger partial charge < -0.3 is 9.64 Å². The summed E-state index contributed by atoms with van der Waals surface area (Å²) in [5.41, 5.74) is 0.346. The molecule has 1 unspecified atom stereocenters. The zero-order valence-corrected chi connectivity index (χ0v) is 12.9. The molecular formula is C16H26N2O2. The lowest BCUT2D eigenvalue weighted by molar-refractivity contribution is -0.143. The van der Waals surface area contributed by atoms with Crippen molar-refractivity contribution in [1.29, 1.82) is 5.26 Å². The molecule has 0 aromatic carbocycles. The number of hydrogen-bond donors (Lipinski definition) is 0. The molecule has 1 heterocycles. The van der Waals surface area contributed by atoms with Crippen LogP contribution in [0, 0.1) is 28.6 Å². The Kier molecular flexibility index (Phi) is 4.70. The summed E-state index contributed by atoms with van der Waals surface area (Å²) in [4.78, 5) is 14.4. The normalized spacial score (nSPS) is 31.7. The Morgan fingerprint density at radius 3 is 2.45 bits per heavy atom. The maximum absolute atomic E-state index is 12.5. The monoisotopic (exact) mass is 278 g/mol. The molecule has 0 spiro atoms. The second kappa shape index (κ2) is 6.13. The number of carbonyl (C=O) groups excluding carboxylic acids is 1. The van der Waals surface area contributed by atoms with E-state index >= 15 is 0 Å². The van der Waals surface area contributed by atoms with E-state index in [0.717, 1.165) is 31.6 Å². The van der Waals surface area contributed by atoms with Crippen LogP contribution in [-0.4, -0.2) is 36.6 Å². The van der Waals surface area contributed by atoms with Crippen LogP contribution < -0.4 is 0 Å². The van der Waals surface area contributed by atoms with E-state index in [9.17, 15) is 4.79 Å². The van der Waals surface area contributed by atoms with E-state index in [4.69, 9.17) is 10.00 Å². The third-order valence-corrected chi connectivity index (χ3v) is 4.82. The molecule has 1 saturated carbocycles. The van der Waals surface area contributed by atoms with Gasteiger partial charge in [0.1, 0.15) is 0 Å². The van der Waals surface area contributed by atoms with Gasteiger partial charge in [-0.3, -0.25) is 4.79 Å². The van der Waals surface area contributed by atoms with Crippen molar-refractivity contribution in [1.82, 2.24) is 4.90 Å². The van der Waals surface area contributed by atoms with Crippen LogP contribution in [0.4, 0.5) is 0 Å². The summed E-state index contributed by atoms with van der Waals surface area (Å²) in [6, 6.07) is 2.10. The molecule has 112 valence electrons. The van der Waals surface area contributed by atoms with Gasteiger partial charge >= 0.3 is 0 Å². The van der Waals surface area contributed by atoms with Gasteiger partial charge in [0.15, 0.2) is 6.10 Å². The molecule has 2 aliphatic rings. The Morgan fingerprint density at radius 1 is 1.25 bits per heavy atom. The molecule has 4 heteroatoms. The number of nitriles is 1. The minimum Gasteiger partial charge on any atom is -0.360 e. The molecule has 0 N–H and O–H groups in total. The molecule has 2 fully saturated rings. The smallest absolute Gasteiger partial charge is 0.225 e. The van der Waals surface area contributed by atoms with Crippen molar-refractivity contribution >= 4 is 5.91 Å². The van der Waals surface area contributed by atoms with Crippen molar-refractivity contribution in [2.75, 3.05) is 19.7 Å². The summed E-state index contributed by atoms with van der Waals surface area (Å²) in [7, 11) is 0. The number of rotatable bonds is 1. The standard InChI is InChI=1S/C16H26N2O2/c1-16(2,3)13-6-4-12(5-7-13)15(19)18-8-9-20-14(10-17)11-18/h12-14H,4-9,11H2,1-3H3. The van der Waals surface area contributed by atoms with Crippen LogP contribution in [0.15, 0.2) is 0 Å². The predicted molar refractivity (Wildman–Crippen MR) is 76.8 cm³/mol. The number of nitrogens with zero attached hydrogens (tertiary/aromatic N) is 2. The minimum atomic E-state index is -0.446. The van der Waals surface area contributed by atoms with E-state index in [2.05, 4.69) is 26.8 Å². The first kappa shape index (κ1) is 15.3. The van der Waals surface area contributed by atoms with Crippen molar-refractivity contribution < 1.29 is 9.53 Å². The Balaban J connectivity index is 1.87. The van der Waals surface area contributed by atoms with Gasteiger partial charge in [-0.1, -0.05) is 20.8 Å². The summed E-state index contributed by atoms with van der Waals surface area (Å²) in [6.45, 7) is 8.43. The van der Waals surface area contributed by atoms with Crippen molar-refractivity contribution in [3.63, 3.8) is 0 Å². The quantitative estimate of drug-likeness (QED) is 0.741. The molecule has 1 aliphatic heterocycles. The Bertz CT molecular complexity index is 386. The summed E-state index contributed by atoms with van der Waals surface area (Å²) >= 11 is 0. The van der Waals surface area contributed by atoms with E-state index in [-0.39, 0.29) is 11.8 Å². The van der Waals surface area contributed by atoms with Gasteiger partial charge in [-0.2, -0.15) is 5.26 Å². The van der Waals surface area contributed by atoms with Crippen LogP contribution in [0.1, 0.15) is 46.5 Å². The topological polar surface area (TPSA) is 53.3 Å². The highest BCUT2D eigenvalue weighted by molar-refractivity contribution is 5.79. The van der Waals surface area contributed by atoms with Gasteiger partial charge in [-0.15, -0.1) is 0 Å². The van der Waals surface area contributed by atoms with Crippen LogP contribution in [0.25, 0.3) is 0 Å². The molecular weight excluding hydrogens is 252 g/mol. The summed E-state index contributed by atoms with van der Waals surface area (Å²) in [6.07, 6.45) is 3.83. The highest BCUT2D eigenvalue weighted by atomic mass is 16.5. The van der Waals surface area contributed by atoms with Gasteiger partial charge in [0, 0.05) is 12.5 Å². The first-order valence-corrected chi connectivity index (χ1v) is 7.72. The van der Waals surface area contributed by atoms with Crippen molar-refractivity contribution in [3.05, 3.63) is 0 Å². The van der Waals surface area contributed by atoms with E-state index in [0.29, 0.717) is 25.1 Å². The highest BCUT2D eigenvalue weighted by Gasteiger charge is 2.35. The minimum absolute atomic E-state index is 0.158. The molecule has 1 atom stereocenters.